The zero-order valence-corrected chi connectivity index (χ0v) is 18.1. The first-order chi connectivity index (χ1) is 14.3. The van der Waals surface area contributed by atoms with Crippen LogP contribution in [0.1, 0.15) is 5.56 Å². The summed E-state index contributed by atoms with van der Waals surface area (Å²) in [6.45, 7) is 1.38. The average Bonchev–Trinajstić information content (AvgIpc) is 2.74. The van der Waals surface area contributed by atoms with Gasteiger partial charge in [0.15, 0.2) is 0 Å². The molecule has 1 N–H and O–H groups in total. The van der Waals surface area contributed by atoms with Crippen molar-refractivity contribution in [1.29, 1.82) is 0 Å². The Morgan fingerprint density at radius 3 is 2.33 bits per heavy atom. The van der Waals surface area contributed by atoms with Gasteiger partial charge in [0.1, 0.15) is 17.2 Å². The summed E-state index contributed by atoms with van der Waals surface area (Å²) in [5.41, 5.74) is 1.64. The molecule has 0 radical (unpaired) electrons. The Labute approximate surface area is 181 Å². The maximum Gasteiger partial charge on any atom is 0.268 e. The van der Waals surface area contributed by atoms with Crippen molar-refractivity contribution < 1.29 is 17.9 Å². The van der Waals surface area contributed by atoms with Gasteiger partial charge in [0, 0.05) is 10.7 Å². The van der Waals surface area contributed by atoms with Gasteiger partial charge in [0.25, 0.3) is 10.0 Å². The minimum absolute atomic E-state index is 0.00635. The van der Waals surface area contributed by atoms with Crippen LogP contribution in [0.25, 0.3) is 0 Å². The molecular weight excluding hydrogens is 424 g/mol. The van der Waals surface area contributed by atoms with Gasteiger partial charge in [-0.15, -0.1) is 0 Å². The lowest BCUT2D eigenvalue weighted by Gasteiger charge is -2.25. The molecule has 0 spiro atoms. The minimum Gasteiger partial charge on any atom is -0.495 e. The fourth-order valence-electron chi connectivity index (χ4n) is 2.88. The topological polar surface area (TPSA) is 75.7 Å². The van der Waals surface area contributed by atoms with E-state index in [9.17, 15) is 13.2 Å². The second-order valence-corrected chi connectivity index (χ2v) is 8.82. The van der Waals surface area contributed by atoms with E-state index in [1.165, 1.54) is 13.2 Å². The maximum atomic E-state index is 13.5. The molecular formula is C22H21ClN2O4S. The molecule has 8 heteroatoms. The summed E-state index contributed by atoms with van der Waals surface area (Å²) in [5, 5.41) is 3.23. The Morgan fingerprint density at radius 1 is 1.03 bits per heavy atom. The number of hydrogen-bond donors (Lipinski definition) is 1. The van der Waals surface area contributed by atoms with Crippen LogP contribution in [-0.2, 0) is 14.8 Å². The molecule has 0 aromatic heterocycles. The summed E-state index contributed by atoms with van der Waals surface area (Å²) < 4.78 is 33.4. The number of rotatable bonds is 7. The van der Waals surface area contributed by atoms with Crippen LogP contribution in [0.4, 0.5) is 11.4 Å². The van der Waals surface area contributed by atoms with E-state index in [1.807, 2.05) is 0 Å². The Balaban J connectivity index is 1.98. The molecule has 0 fully saturated rings. The van der Waals surface area contributed by atoms with Gasteiger partial charge in [-0.3, -0.25) is 9.10 Å². The van der Waals surface area contributed by atoms with Crippen LogP contribution < -0.4 is 14.4 Å². The zero-order chi connectivity index (χ0) is 21.7. The van der Waals surface area contributed by atoms with Crippen molar-refractivity contribution in [3.8, 4) is 5.75 Å². The number of hydrogen-bond acceptors (Lipinski definition) is 4. The maximum absolute atomic E-state index is 13.5. The summed E-state index contributed by atoms with van der Waals surface area (Å²) in [6, 6.07) is 19.9. The molecule has 0 aliphatic carbocycles. The molecule has 30 heavy (non-hydrogen) atoms. The molecule has 3 aromatic rings. The van der Waals surface area contributed by atoms with E-state index in [2.05, 4.69) is 5.32 Å². The van der Waals surface area contributed by atoms with E-state index in [1.54, 1.807) is 73.7 Å². The van der Waals surface area contributed by atoms with Gasteiger partial charge in [-0.25, -0.2) is 8.42 Å². The number of carbonyl (C=O) groups excluding carboxylic acids is 1. The highest BCUT2D eigenvalue weighted by atomic mass is 35.5. The average molecular weight is 445 g/mol. The number of benzene rings is 3. The number of amides is 1. The number of para-hydroxylation sites is 1. The second kappa shape index (κ2) is 9.19. The van der Waals surface area contributed by atoms with E-state index in [-0.39, 0.29) is 10.6 Å². The highest BCUT2D eigenvalue weighted by Gasteiger charge is 2.30. The number of aryl methyl sites for hydroxylation is 1. The molecule has 0 unspecified atom stereocenters. The summed E-state index contributed by atoms with van der Waals surface area (Å²) in [7, 11) is -2.68. The number of anilines is 2. The van der Waals surface area contributed by atoms with Crippen LogP contribution in [0.3, 0.4) is 0 Å². The predicted octanol–water partition coefficient (Wildman–Crippen LogP) is 4.49. The molecule has 0 saturated heterocycles. The highest BCUT2D eigenvalue weighted by Crippen LogP contribution is 2.30. The molecule has 0 saturated carbocycles. The van der Waals surface area contributed by atoms with Crippen molar-refractivity contribution in [2.75, 3.05) is 23.3 Å². The molecule has 0 bridgehead atoms. The first-order valence-corrected chi connectivity index (χ1v) is 10.9. The largest absolute Gasteiger partial charge is 0.495 e. The summed E-state index contributed by atoms with van der Waals surface area (Å²) in [4.78, 5) is 12.7. The fourth-order valence-corrected chi connectivity index (χ4v) is 4.67. The molecule has 0 aliphatic heterocycles. The lowest BCUT2D eigenvalue weighted by Crippen LogP contribution is -2.38. The van der Waals surface area contributed by atoms with Gasteiger partial charge in [0.05, 0.1) is 12.8 Å². The van der Waals surface area contributed by atoms with Crippen molar-refractivity contribution >= 4 is 38.9 Å². The third-order valence-electron chi connectivity index (χ3n) is 4.35. The SMILES string of the molecule is COc1ccc(C)cc1S(=O)(=O)N(CC(=O)Nc1ccc(Cl)cc1)c1ccccc1. The van der Waals surface area contributed by atoms with Crippen molar-refractivity contribution in [2.45, 2.75) is 11.8 Å². The van der Waals surface area contributed by atoms with E-state index in [4.69, 9.17) is 16.3 Å². The van der Waals surface area contributed by atoms with E-state index >= 15 is 0 Å². The van der Waals surface area contributed by atoms with Gasteiger partial charge in [-0.1, -0.05) is 35.9 Å². The fraction of sp³-hybridized carbons (Fsp3) is 0.136. The Morgan fingerprint density at radius 2 is 1.70 bits per heavy atom. The van der Waals surface area contributed by atoms with Gasteiger partial charge in [-0.2, -0.15) is 0 Å². The van der Waals surface area contributed by atoms with E-state index in [0.717, 1.165) is 9.87 Å². The Hall–Kier alpha value is -3.03. The standard InChI is InChI=1S/C22H21ClN2O4S/c1-16-8-13-20(29-2)21(14-16)30(27,28)25(19-6-4-3-5-7-19)15-22(26)24-18-11-9-17(23)10-12-18/h3-14H,15H2,1-2H3,(H,24,26). The molecule has 3 rings (SSSR count). The van der Waals surface area contributed by atoms with Crippen molar-refractivity contribution in [3.05, 3.63) is 83.4 Å². The zero-order valence-electron chi connectivity index (χ0n) is 16.5. The number of nitrogens with zero attached hydrogens (tertiary/aromatic N) is 1. The summed E-state index contributed by atoms with van der Waals surface area (Å²) in [6.07, 6.45) is 0. The van der Waals surface area contributed by atoms with Crippen LogP contribution in [0.5, 0.6) is 5.75 Å². The number of methoxy groups -OCH3 is 1. The predicted molar refractivity (Wildman–Crippen MR) is 119 cm³/mol. The van der Waals surface area contributed by atoms with Crippen LogP contribution >= 0.6 is 11.6 Å². The second-order valence-electron chi connectivity index (χ2n) is 6.56. The molecule has 156 valence electrons. The minimum atomic E-state index is -4.09. The number of halogens is 1. The van der Waals surface area contributed by atoms with E-state index < -0.39 is 22.5 Å². The highest BCUT2D eigenvalue weighted by molar-refractivity contribution is 7.93. The molecule has 3 aromatic carbocycles. The van der Waals surface area contributed by atoms with Gasteiger partial charge in [0.2, 0.25) is 5.91 Å². The number of sulfonamides is 1. The molecule has 1 amide bonds. The van der Waals surface area contributed by atoms with Crippen molar-refractivity contribution in [3.63, 3.8) is 0 Å². The third kappa shape index (κ3) is 4.93. The lowest BCUT2D eigenvalue weighted by atomic mass is 10.2. The monoisotopic (exact) mass is 444 g/mol. The molecule has 6 nitrogen and oxygen atoms in total. The molecule has 0 atom stereocenters. The van der Waals surface area contributed by atoms with Crippen molar-refractivity contribution in [2.24, 2.45) is 0 Å². The quantitative estimate of drug-likeness (QED) is 0.582. The van der Waals surface area contributed by atoms with E-state index in [0.29, 0.717) is 16.4 Å². The van der Waals surface area contributed by atoms with Gasteiger partial charge < -0.3 is 10.1 Å². The van der Waals surface area contributed by atoms with Crippen LogP contribution in [-0.4, -0.2) is 28.0 Å². The molecule has 0 aliphatic rings. The number of ether oxygens (including phenoxy) is 1. The van der Waals surface area contributed by atoms with Gasteiger partial charge >= 0.3 is 0 Å². The van der Waals surface area contributed by atoms with Crippen LogP contribution in [0.15, 0.2) is 77.7 Å². The van der Waals surface area contributed by atoms with Crippen molar-refractivity contribution in [1.82, 2.24) is 0 Å². The Bertz CT molecular complexity index is 1130. The van der Waals surface area contributed by atoms with Crippen LogP contribution in [0.2, 0.25) is 5.02 Å². The Kier molecular flexibility index (Phi) is 6.64. The molecule has 0 heterocycles. The number of carbonyl (C=O) groups is 1. The van der Waals surface area contributed by atoms with Gasteiger partial charge in [-0.05, 0) is 61.0 Å². The lowest BCUT2D eigenvalue weighted by molar-refractivity contribution is -0.114. The smallest absolute Gasteiger partial charge is 0.268 e. The first kappa shape index (κ1) is 21.7. The first-order valence-electron chi connectivity index (χ1n) is 9.09. The van der Waals surface area contributed by atoms with Crippen LogP contribution in [0, 0.1) is 6.92 Å². The third-order valence-corrected chi connectivity index (χ3v) is 6.39. The summed E-state index contributed by atoms with van der Waals surface area (Å²) in [5.74, 6) is -0.281. The number of nitrogens with one attached hydrogen (secondary N) is 1. The normalized spacial score (nSPS) is 11.0. The summed E-state index contributed by atoms with van der Waals surface area (Å²) >= 11 is 5.87.